The molecule has 1 saturated heterocycles. The number of piperidine rings is 1. The van der Waals surface area contributed by atoms with Crippen molar-refractivity contribution in [2.75, 3.05) is 31.6 Å². The van der Waals surface area contributed by atoms with Gasteiger partial charge in [0.15, 0.2) is 5.75 Å². The summed E-state index contributed by atoms with van der Waals surface area (Å²) in [4.78, 5) is 13.3. The first kappa shape index (κ1) is 16.3. The van der Waals surface area contributed by atoms with E-state index < -0.39 is 0 Å². The molecule has 0 aromatic heterocycles. The van der Waals surface area contributed by atoms with Crippen molar-refractivity contribution in [1.29, 1.82) is 0 Å². The summed E-state index contributed by atoms with van der Waals surface area (Å²) >= 11 is 0. The second-order valence-corrected chi connectivity index (χ2v) is 5.35. The van der Waals surface area contributed by atoms with Gasteiger partial charge in [-0.1, -0.05) is 12.1 Å². The van der Waals surface area contributed by atoms with Crippen LogP contribution in [0.4, 0.5) is 11.4 Å². The average Bonchev–Trinajstić information content (AvgIpc) is 2.50. The zero-order chi connectivity index (χ0) is 15.9. The van der Waals surface area contributed by atoms with Gasteiger partial charge in [-0.05, 0) is 31.9 Å². The van der Waals surface area contributed by atoms with Crippen LogP contribution in [-0.2, 0) is 0 Å². The Morgan fingerprint density at radius 3 is 2.82 bits per heavy atom. The Balaban J connectivity index is 2.08. The number of likely N-dealkylation sites (tertiary alicyclic amines) is 1. The maximum absolute atomic E-state index is 11.4. The fourth-order valence-corrected chi connectivity index (χ4v) is 2.76. The van der Waals surface area contributed by atoms with Gasteiger partial charge in [-0.2, -0.15) is 0 Å². The molecule has 1 fully saturated rings. The van der Waals surface area contributed by atoms with E-state index >= 15 is 0 Å². The van der Waals surface area contributed by atoms with Crippen LogP contribution in [0.3, 0.4) is 0 Å². The van der Waals surface area contributed by atoms with Crippen LogP contribution in [0.15, 0.2) is 30.9 Å². The molecule has 0 atom stereocenters. The lowest BCUT2D eigenvalue weighted by Gasteiger charge is -2.32. The Morgan fingerprint density at radius 1 is 1.50 bits per heavy atom. The third kappa shape index (κ3) is 3.98. The highest BCUT2D eigenvalue weighted by Gasteiger charge is 2.24. The van der Waals surface area contributed by atoms with E-state index in [1.807, 2.05) is 13.0 Å². The van der Waals surface area contributed by atoms with Gasteiger partial charge in [0.25, 0.3) is 0 Å². The molecular formula is C16H23N3O3. The van der Waals surface area contributed by atoms with Crippen molar-refractivity contribution >= 4 is 11.4 Å². The van der Waals surface area contributed by atoms with E-state index in [-0.39, 0.29) is 16.7 Å². The maximum Gasteiger partial charge on any atom is 0.333 e. The molecule has 1 N–H and O–H groups in total. The third-order valence-corrected chi connectivity index (χ3v) is 3.82. The van der Waals surface area contributed by atoms with E-state index in [4.69, 9.17) is 4.74 Å². The zero-order valence-electron chi connectivity index (χ0n) is 13.0. The number of nitrogens with one attached hydrogen (secondary N) is 1. The molecule has 0 bridgehead atoms. The molecule has 1 aromatic rings. The summed E-state index contributed by atoms with van der Waals surface area (Å²) in [5.41, 5.74) is 0.566. The Morgan fingerprint density at radius 2 is 2.23 bits per heavy atom. The number of para-hydroxylation sites is 1. The van der Waals surface area contributed by atoms with Crippen LogP contribution in [0, 0.1) is 10.1 Å². The van der Waals surface area contributed by atoms with E-state index in [2.05, 4.69) is 16.8 Å². The predicted molar refractivity (Wildman–Crippen MR) is 87.5 cm³/mol. The van der Waals surface area contributed by atoms with Gasteiger partial charge < -0.3 is 10.1 Å². The first-order valence-corrected chi connectivity index (χ1v) is 7.65. The lowest BCUT2D eigenvalue weighted by Crippen LogP contribution is -2.39. The number of ether oxygens (including phenoxy) is 1. The van der Waals surface area contributed by atoms with Gasteiger partial charge in [-0.3, -0.25) is 15.0 Å². The summed E-state index contributed by atoms with van der Waals surface area (Å²) in [5, 5.41) is 14.7. The van der Waals surface area contributed by atoms with Crippen LogP contribution in [0.2, 0.25) is 0 Å². The van der Waals surface area contributed by atoms with E-state index in [9.17, 15) is 10.1 Å². The minimum Gasteiger partial charge on any atom is -0.487 e. The van der Waals surface area contributed by atoms with Crippen molar-refractivity contribution in [1.82, 2.24) is 4.90 Å². The molecule has 0 aliphatic carbocycles. The topological polar surface area (TPSA) is 67.6 Å². The molecule has 6 heteroatoms. The first-order valence-electron chi connectivity index (χ1n) is 7.65. The fraction of sp³-hybridized carbons (Fsp3) is 0.500. The second-order valence-electron chi connectivity index (χ2n) is 5.35. The Labute approximate surface area is 130 Å². The van der Waals surface area contributed by atoms with Gasteiger partial charge in [0.1, 0.15) is 5.69 Å². The normalized spacial score (nSPS) is 16.2. The summed E-state index contributed by atoms with van der Waals surface area (Å²) in [7, 11) is 0. The molecule has 1 aromatic carbocycles. The lowest BCUT2D eigenvalue weighted by atomic mass is 10.0. The van der Waals surface area contributed by atoms with Gasteiger partial charge in [0.05, 0.1) is 11.5 Å². The molecule has 0 saturated carbocycles. The van der Waals surface area contributed by atoms with Crippen molar-refractivity contribution in [3.63, 3.8) is 0 Å². The quantitative estimate of drug-likeness (QED) is 0.476. The maximum atomic E-state index is 11.4. The minimum absolute atomic E-state index is 0.0258. The van der Waals surface area contributed by atoms with Crippen LogP contribution in [0.5, 0.6) is 5.75 Å². The van der Waals surface area contributed by atoms with Gasteiger partial charge in [-0.25, -0.2) is 0 Å². The van der Waals surface area contributed by atoms with E-state index in [0.717, 1.165) is 32.5 Å². The van der Waals surface area contributed by atoms with E-state index in [0.29, 0.717) is 18.0 Å². The Hall–Kier alpha value is -2.08. The number of nitro groups is 1. The number of nitro benzene ring substituents is 1. The van der Waals surface area contributed by atoms with Crippen molar-refractivity contribution in [2.24, 2.45) is 0 Å². The number of benzene rings is 1. The van der Waals surface area contributed by atoms with E-state index in [1.54, 1.807) is 18.2 Å². The lowest BCUT2D eigenvalue weighted by molar-refractivity contribution is -0.385. The standard InChI is InChI=1S/C16H23N3O3/c1-3-10-18-11-8-13(9-12-18)17-14-6-5-7-15(22-4-2)16(14)19(20)21/h3,5-7,13,17H,1,4,8-12H2,2H3. The second kappa shape index (κ2) is 7.79. The molecule has 0 amide bonds. The summed E-state index contributed by atoms with van der Waals surface area (Å²) in [6.07, 6.45) is 3.83. The highest BCUT2D eigenvalue weighted by atomic mass is 16.6. The minimum atomic E-state index is -0.375. The number of hydrogen-bond donors (Lipinski definition) is 1. The highest BCUT2D eigenvalue weighted by molar-refractivity contribution is 5.68. The van der Waals surface area contributed by atoms with Gasteiger partial charge >= 0.3 is 5.69 Å². The van der Waals surface area contributed by atoms with Gasteiger partial charge in [0.2, 0.25) is 0 Å². The molecule has 0 unspecified atom stereocenters. The van der Waals surface area contributed by atoms with Gasteiger partial charge in [0, 0.05) is 25.7 Å². The Kier molecular flexibility index (Phi) is 5.77. The molecular weight excluding hydrogens is 282 g/mol. The van der Waals surface area contributed by atoms with Crippen LogP contribution < -0.4 is 10.1 Å². The summed E-state index contributed by atoms with van der Waals surface area (Å²) in [5.74, 6) is 0.321. The van der Waals surface area contributed by atoms with E-state index in [1.165, 1.54) is 0 Å². The number of hydrogen-bond acceptors (Lipinski definition) is 5. The van der Waals surface area contributed by atoms with Crippen LogP contribution in [-0.4, -0.2) is 42.1 Å². The Bertz CT molecular complexity index is 525. The zero-order valence-corrected chi connectivity index (χ0v) is 13.0. The summed E-state index contributed by atoms with van der Waals surface area (Å²) in [6, 6.07) is 5.42. The molecule has 120 valence electrons. The molecule has 6 nitrogen and oxygen atoms in total. The number of rotatable bonds is 7. The predicted octanol–water partition coefficient (Wildman–Crippen LogP) is 3.06. The number of anilines is 1. The highest BCUT2D eigenvalue weighted by Crippen LogP contribution is 2.35. The molecule has 0 radical (unpaired) electrons. The molecule has 1 heterocycles. The van der Waals surface area contributed by atoms with Crippen molar-refractivity contribution in [2.45, 2.75) is 25.8 Å². The number of nitrogens with zero attached hydrogens (tertiary/aromatic N) is 2. The largest absolute Gasteiger partial charge is 0.487 e. The monoisotopic (exact) mass is 305 g/mol. The molecule has 1 aliphatic rings. The van der Waals surface area contributed by atoms with Crippen LogP contribution >= 0.6 is 0 Å². The fourth-order valence-electron chi connectivity index (χ4n) is 2.76. The first-order chi connectivity index (χ1) is 10.7. The van der Waals surface area contributed by atoms with Crippen LogP contribution in [0.25, 0.3) is 0 Å². The molecule has 2 rings (SSSR count). The van der Waals surface area contributed by atoms with Crippen LogP contribution in [0.1, 0.15) is 19.8 Å². The van der Waals surface area contributed by atoms with Crippen molar-refractivity contribution in [3.8, 4) is 5.75 Å². The SMILES string of the molecule is C=CCN1CCC(Nc2cccc(OCC)c2[N+](=O)[O-])CC1. The molecule has 0 spiro atoms. The molecule has 22 heavy (non-hydrogen) atoms. The summed E-state index contributed by atoms with van der Waals surface area (Å²) < 4.78 is 5.38. The smallest absolute Gasteiger partial charge is 0.333 e. The van der Waals surface area contributed by atoms with Gasteiger partial charge in [-0.15, -0.1) is 6.58 Å². The third-order valence-electron chi connectivity index (χ3n) is 3.82. The summed E-state index contributed by atoms with van der Waals surface area (Å²) in [6.45, 7) is 8.82. The van der Waals surface area contributed by atoms with Crippen molar-refractivity contribution < 1.29 is 9.66 Å². The molecule has 1 aliphatic heterocycles. The van der Waals surface area contributed by atoms with Crippen molar-refractivity contribution in [3.05, 3.63) is 41.0 Å². The average molecular weight is 305 g/mol.